The molecule has 0 aromatic heterocycles. The molecule has 1 aliphatic carbocycles. The summed E-state index contributed by atoms with van der Waals surface area (Å²) in [5.41, 5.74) is 2.94. The highest BCUT2D eigenvalue weighted by Crippen LogP contribution is 2.31. The molecule has 14 heavy (non-hydrogen) atoms. The van der Waals surface area contributed by atoms with Crippen LogP contribution in [0.1, 0.15) is 33.1 Å². The highest BCUT2D eigenvalue weighted by atomic mass is 28.4. The van der Waals surface area contributed by atoms with E-state index < -0.39 is 8.32 Å². The second-order valence-corrected chi connectivity index (χ2v) is 9.28. The Hall–Kier alpha value is -0.503. The number of hydrogen-bond acceptors (Lipinski definition) is 1. The van der Waals surface area contributed by atoms with Gasteiger partial charge in [-0.2, -0.15) is 0 Å². The summed E-state index contributed by atoms with van der Waals surface area (Å²) in [7, 11) is -1.41. The maximum absolute atomic E-state index is 6.10. The van der Waals surface area contributed by atoms with E-state index in [1.165, 1.54) is 16.9 Å². The van der Waals surface area contributed by atoms with Gasteiger partial charge in [-0.25, -0.2) is 0 Å². The molecule has 0 saturated carbocycles. The molecule has 0 heterocycles. The van der Waals surface area contributed by atoms with Crippen molar-refractivity contribution in [2.45, 2.75) is 52.8 Å². The van der Waals surface area contributed by atoms with Gasteiger partial charge in [0.1, 0.15) is 0 Å². The molecule has 1 nitrogen and oxygen atoms in total. The number of rotatable bonds is 4. The number of hydrogen-bond donors (Lipinski definition) is 0. The number of allylic oxidation sites excluding steroid dienone is 3. The fourth-order valence-electron chi connectivity index (χ4n) is 1.70. The lowest BCUT2D eigenvalue weighted by atomic mass is 10.2. The van der Waals surface area contributed by atoms with Crippen molar-refractivity contribution in [1.82, 2.24) is 0 Å². The van der Waals surface area contributed by atoms with Crippen LogP contribution in [0.3, 0.4) is 0 Å². The van der Waals surface area contributed by atoms with Crippen molar-refractivity contribution in [2.75, 3.05) is 0 Å². The standard InChI is InChI=1S/C12H22OSi/c1-6-10-8-11(7-2)12(9-10)13-14(3,4)5/h8H,6-7,9H2,1-5H3. The van der Waals surface area contributed by atoms with Gasteiger partial charge in [0.25, 0.3) is 0 Å². The third kappa shape index (κ3) is 3.02. The van der Waals surface area contributed by atoms with Gasteiger partial charge in [-0.3, -0.25) is 0 Å². The molecule has 0 bridgehead atoms. The zero-order valence-corrected chi connectivity index (χ0v) is 11.1. The van der Waals surface area contributed by atoms with Crippen LogP contribution in [0.15, 0.2) is 23.0 Å². The molecule has 0 N–H and O–H groups in total. The SMILES string of the molecule is CCC1=CC(CC)=C(O[Si](C)(C)C)C1. The third-order valence-corrected chi connectivity index (χ3v) is 3.25. The maximum atomic E-state index is 6.10. The van der Waals surface area contributed by atoms with Crippen LogP contribution < -0.4 is 0 Å². The van der Waals surface area contributed by atoms with Crippen LogP contribution in [0.5, 0.6) is 0 Å². The third-order valence-electron chi connectivity index (χ3n) is 2.39. The predicted octanol–water partition coefficient (Wildman–Crippen LogP) is 4.24. The van der Waals surface area contributed by atoms with E-state index in [0.29, 0.717) is 0 Å². The first-order valence-corrected chi connectivity index (χ1v) is 8.97. The molecular formula is C12H22OSi. The molecule has 0 aromatic carbocycles. The van der Waals surface area contributed by atoms with E-state index in [4.69, 9.17) is 4.43 Å². The monoisotopic (exact) mass is 210 g/mol. The molecule has 2 heteroatoms. The highest BCUT2D eigenvalue weighted by molar-refractivity contribution is 6.70. The topological polar surface area (TPSA) is 9.23 Å². The summed E-state index contributed by atoms with van der Waals surface area (Å²) in [6.45, 7) is 11.2. The first-order chi connectivity index (χ1) is 6.46. The Bertz CT molecular complexity index is 269. The Kier molecular flexibility index (Phi) is 3.59. The van der Waals surface area contributed by atoms with Crippen LogP contribution in [-0.2, 0) is 4.43 Å². The Morgan fingerprint density at radius 3 is 2.29 bits per heavy atom. The van der Waals surface area contributed by atoms with Crippen molar-refractivity contribution >= 4 is 8.32 Å². The van der Waals surface area contributed by atoms with Gasteiger partial charge in [-0.1, -0.05) is 25.5 Å². The second-order valence-electron chi connectivity index (χ2n) is 4.85. The van der Waals surface area contributed by atoms with Crippen molar-refractivity contribution in [1.29, 1.82) is 0 Å². The van der Waals surface area contributed by atoms with E-state index >= 15 is 0 Å². The quantitative estimate of drug-likeness (QED) is 0.631. The minimum atomic E-state index is -1.41. The first-order valence-electron chi connectivity index (χ1n) is 5.56. The minimum Gasteiger partial charge on any atom is -0.547 e. The van der Waals surface area contributed by atoms with E-state index in [2.05, 4.69) is 39.6 Å². The fraction of sp³-hybridized carbons (Fsp3) is 0.667. The molecule has 0 amide bonds. The zero-order valence-electron chi connectivity index (χ0n) is 10.1. The van der Waals surface area contributed by atoms with Gasteiger partial charge in [-0.05, 0) is 38.1 Å². The molecule has 0 radical (unpaired) electrons. The molecule has 0 spiro atoms. The molecule has 0 aliphatic heterocycles. The molecule has 0 aromatic rings. The van der Waals surface area contributed by atoms with E-state index in [9.17, 15) is 0 Å². The molecule has 80 valence electrons. The largest absolute Gasteiger partial charge is 0.547 e. The summed E-state index contributed by atoms with van der Waals surface area (Å²) in [6, 6.07) is 0. The molecule has 0 atom stereocenters. The first kappa shape index (κ1) is 11.6. The molecular weight excluding hydrogens is 188 g/mol. The van der Waals surface area contributed by atoms with E-state index in [1.54, 1.807) is 0 Å². The van der Waals surface area contributed by atoms with Crippen LogP contribution >= 0.6 is 0 Å². The minimum absolute atomic E-state index is 1.06. The van der Waals surface area contributed by atoms with Crippen LogP contribution in [-0.4, -0.2) is 8.32 Å². The maximum Gasteiger partial charge on any atom is 0.241 e. The van der Waals surface area contributed by atoms with Crippen molar-refractivity contribution in [3.8, 4) is 0 Å². The smallest absolute Gasteiger partial charge is 0.241 e. The molecule has 1 rings (SSSR count). The van der Waals surface area contributed by atoms with E-state index in [1.807, 2.05) is 0 Å². The van der Waals surface area contributed by atoms with Gasteiger partial charge in [0.05, 0.1) is 5.76 Å². The van der Waals surface area contributed by atoms with Gasteiger partial charge in [0.2, 0.25) is 8.32 Å². The van der Waals surface area contributed by atoms with Crippen LogP contribution in [0.2, 0.25) is 19.6 Å². The lowest BCUT2D eigenvalue weighted by molar-refractivity contribution is 0.406. The van der Waals surface area contributed by atoms with Gasteiger partial charge >= 0.3 is 0 Å². The van der Waals surface area contributed by atoms with Crippen molar-refractivity contribution < 1.29 is 4.43 Å². The summed E-state index contributed by atoms with van der Waals surface area (Å²) >= 11 is 0. The second kappa shape index (κ2) is 4.35. The Morgan fingerprint density at radius 1 is 1.21 bits per heavy atom. The van der Waals surface area contributed by atoms with Crippen LogP contribution in [0.25, 0.3) is 0 Å². The molecule has 1 aliphatic rings. The Morgan fingerprint density at radius 2 is 1.86 bits per heavy atom. The Balaban J connectivity index is 2.72. The molecule has 0 unspecified atom stereocenters. The van der Waals surface area contributed by atoms with Gasteiger partial charge in [-0.15, -0.1) is 0 Å². The lowest BCUT2D eigenvalue weighted by Crippen LogP contribution is -2.25. The average Bonchev–Trinajstić information content (AvgIpc) is 2.44. The van der Waals surface area contributed by atoms with Crippen molar-refractivity contribution in [2.24, 2.45) is 0 Å². The normalized spacial score (nSPS) is 17.4. The van der Waals surface area contributed by atoms with E-state index in [0.717, 1.165) is 19.3 Å². The van der Waals surface area contributed by atoms with Crippen molar-refractivity contribution in [3.05, 3.63) is 23.0 Å². The summed E-state index contributed by atoms with van der Waals surface area (Å²) < 4.78 is 6.10. The van der Waals surface area contributed by atoms with Gasteiger partial charge in [0.15, 0.2) is 0 Å². The predicted molar refractivity (Wildman–Crippen MR) is 64.7 cm³/mol. The summed E-state index contributed by atoms with van der Waals surface area (Å²) in [5, 5.41) is 0. The summed E-state index contributed by atoms with van der Waals surface area (Å²) in [6.07, 6.45) is 5.64. The van der Waals surface area contributed by atoms with Crippen LogP contribution in [0, 0.1) is 0 Å². The van der Waals surface area contributed by atoms with Gasteiger partial charge < -0.3 is 4.43 Å². The van der Waals surface area contributed by atoms with Gasteiger partial charge in [0, 0.05) is 6.42 Å². The summed E-state index contributed by atoms with van der Waals surface area (Å²) in [5.74, 6) is 1.25. The van der Waals surface area contributed by atoms with Crippen molar-refractivity contribution in [3.63, 3.8) is 0 Å². The van der Waals surface area contributed by atoms with E-state index in [-0.39, 0.29) is 0 Å². The molecule has 0 saturated heterocycles. The Labute approximate surface area is 89.0 Å². The van der Waals surface area contributed by atoms with Crippen LogP contribution in [0.4, 0.5) is 0 Å². The highest BCUT2D eigenvalue weighted by Gasteiger charge is 2.22. The fourth-order valence-corrected chi connectivity index (χ4v) is 2.64. The average molecular weight is 210 g/mol. The lowest BCUT2D eigenvalue weighted by Gasteiger charge is -2.21. The molecule has 0 fully saturated rings. The zero-order chi connectivity index (χ0) is 10.8. The summed E-state index contributed by atoms with van der Waals surface area (Å²) in [4.78, 5) is 0.